The van der Waals surface area contributed by atoms with Gasteiger partial charge in [-0.15, -0.1) is 0 Å². The second-order valence-corrected chi connectivity index (χ2v) is 5.67. The van der Waals surface area contributed by atoms with Crippen molar-refractivity contribution < 1.29 is 19.4 Å². The van der Waals surface area contributed by atoms with Crippen molar-refractivity contribution in [3.05, 3.63) is 72.3 Å². The van der Waals surface area contributed by atoms with Crippen LogP contribution >= 0.6 is 0 Å². The van der Waals surface area contributed by atoms with E-state index >= 15 is 0 Å². The zero-order valence-electron chi connectivity index (χ0n) is 14.0. The normalized spacial score (nSPS) is 11.9. The maximum Gasteiger partial charge on any atom is 0.345 e. The summed E-state index contributed by atoms with van der Waals surface area (Å²) in [6.45, 7) is 2.43. The van der Waals surface area contributed by atoms with Gasteiger partial charge in [0.15, 0.2) is 6.10 Å². The fraction of sp³-hybridized carbons (Fsp3) is 0.190. The lowest BCUT2D eigenvalue weighted by Crippen LogP contribution is -2.29. The first kappa shape index (κ1) is 16.8. The maximum atomic E-state index is 11.7. The Hall–Kier alpha value is -3.01. The number of para-hydroxylation sites is 1. The van der Waals surface area contributed by atoms with Gasteiger partial charge in [0, 0.05) is 11.8 Å². The Morgan fingerprint density at radius 3 is 2.44 bits per heavy atom. The molecule has 0 saturated carbocycles. The Bertz CT molecular complexity index is 867. The molecule has 0 heterocycles. The van der Waals surface area contributed by atoms with Crippen molar-refractivity contribution in [2.45, 2.75) is 19.4 Å². The van der Waals surface area contributed by atoms with Crippen molar-refractivity contribution in [2.24, 2.45) is 0 Å². The molecule has 3 aromatic rings. The maximum absolute atomic E-state index is 11.7. The van der Waals surface area contributed by atoms with Crippen LogP contribution < -0.4 is 9.47 Å². The molecule has 0 fully saturated rings. The van der Waals surface area contributed by atoms with E-state index in [9.17, 15) is 9.90 Å². The van der Waals surface area contributed by atoms with Gasteiger partial charge in [0.2, 0.25) is 0 Å². The molecule has 0 aliphatic carbocycles. The van der Waals surface area contributed by atoms with Crippen LogP contribution in [0.3, 0.4) is 0 Å². The molecule has 0 aliphatic rings. The van der Waals surface area contributed by atoms with Crippen molar-refractivity contribution in [1.29, 1.82) is 0 Å². The minimum Gasteiger partial charge on any atom is -0.494 e. The van der Waals surface area contributed by atoms with E-state index in [2.05, 4.69) is 0 Å². The van der Waals surface area contributed by atoms with Gasteiger partial charge < -0.3 is 14.6 Å². The number of aliphatic carboxylic acids is 1. The first-order chi connectivity index (χ1) is 12.2. The Morgan fingerprint density at radius 2 is 1.64 bits per heavy atom. The van der Waals surface area contributed by atoms with Crippen LogP contribution in [0, 0.1) is 0 Å². The lowest BCUT2D eigenvalue weighted by atomic mass is 10.1. The molecule has 0 saturated heterocycles. The Morgan fingerprint density at radius 1 is 0.960 bits per heavy atom. The number of carboxylic acids is 1. The minimum absolute atomic E-state index is 0.231. The monoisotopic (exact) mass is 336 g/mol. The molecule has 3 rings (SSSR count). The minimum atomic E-state index is -1.00. The van der Waals surface area contributed by atoms with Crippen molar-refractivity contribution in [3.63, 3.8) is 0 Å². The molecule has 0 amide bonds. The van der Waals surface area contributed by atoms with Gasteiger partial charge in [-0.05, 0) is 30.0 Å². The molecule has 1 atom stereocenters. The summed E-state index contributed by atoms with van der Waals surface area (Å²) in [5, 5.41) is 11.5. The average molecular weight is 336 g/mol. The summed E-state index contributed by atoms with van der Waals surface area (Å²) in [7, 11) is 0. The zero-order chi connectivity index (χ0) is 17.6. The van der Waals surface area contributed by atoms with Crippen molar-refractivity contribution in [3.8, 4) is 11.5 Å². The van der Waals surface area contributed by atoms with Gasteiger partial charge in [-0.2, -0.15) is 0 Å². The Labute approximate surface area is 146 Å². The number of hydrogen-bond donors (Lipinski definition) is 1. The van der Waals surface area contributed by atoms with Crippen LogP contribution in [0.2, 0.25) is 0 Å². The first-order valence-corrected chi connectivity index (χ1v) is 8.27. The fourth-order valence-corrected chi connectivity index (χ4v) is 2.80. The Balaban J connectivity index is 1.88. The van der Waals surface area contributed by atoms with Gasteiger partial charge >= 0.3 is 5.97 Å². The Kier molecular flexibility index (Phi) is 5.19. The summed E-state index contributed by atoms with van der Waals surface area (Å²) in [5.41, 5.74) is 0.817. The van der Waals surface area contributed by atoms with Crippen molar-refractivity contribution in [1.82, 2.24) is 0 Å². The lowest BCUT2D eigenvalue weighted by molar-refractivity contribution is -0.144. The van der Waals surface area contributed by atoms with Crippen LogP contribution in [0.1, 0.15) is 12.5 Å². The molecule has 1 N–H and O–H groups in total. The molecule has 3 aromatic carbocycles. The number of ether oxygens (including phenoxy) is 2. The third kappa shape index (κ3) is 3.91. The van der Waals surface area contributed by atoms with Crippen LogP contribution in [0.4, 0.5) is 0 Å². The van der Waals surface area contributed by atoms with E-state index in [0.29, 0.717) is 18.1 Å². The van der Waals surface area contributed by atoms with Gasteiger partial charge in [-0.1, -0.05) is 54.6 Å². The van der Waals surface area contributed by atoms with Crippen LogP contribution in [-0.4, -0.2) is 23.8 Å². The quantitative estimate of drug-likeness (QED) is 0.698. The summed E-state index contributed by atoms with van der Waals surface area (Å²) in [6.07, 6.45) is -0.762. The van der Waals surface area contributed by atoms with E-state index < -0.39 is 12.1 Å². The molecule has 128 valence electrons. The SMILES string of the molecule is CCOc1ccccc1C[C@@H](Oc1cccc2ccccc12)C(=O)O. The number of carboxylic acid groups (broad SMARTS) is 1. The van der Waals surface area contributed by atoms with Gasteiger partial charge in [-0.3, -0.25) is 0 Å². The predicted molar refractivity (Wildman–Crippen MR) is 97.3 cm³/mol. The first-order valence-electron chi connectivity index (χ1n) is 8.27. The van der Waals surface area contributed by atoms with E-state index in [-0.39, 0.29) is 6.42 Å². The molecule has 25 heavy (non-hydrogen) atoms. The highest BCUT2D eigenvalue weighted by atomic mass is 16.5. The molecule has 4 nitrogen and oxygen atoms in total. The highest BCUT2D eigenvalue weighted by Gasteiger charge is 2.22. The van der Waals surface area contributed by atoms with E-state index in [0.717, 1.165) is 16.3 Å². The van der Waals surface area contributed by atoms with Gasteiger partial charge in [0.05, 0.1) is 6.61 Å². The second-order valence-electron chi connectivity index (χ2n) is 5.67. The van der Waals surface area contributed by atoms with Crippen molar-refractivity contribution >= 4 is 16.7 Å². The van der Waals surface area contributed by atoms with Crippen LogP contribution in [0.25, 0.3) is 10.8 Å². The number of hydrogen-bond acceptors (Lipinski definition) is 3. The summed E-state index contributed by atoms with van der Waals surface area (Å²) >= 11 is 0. The molecule has 4 heteroatoms. The highest BCUT2D eigenvalue weighted by Crippen LogP contribution is 2.28. The molecular formula is C21H20O4. The molecule has 0 aliphatic heterocycles. The van der Waals surface area contributed by atoms with E-state index in [1.807, 2.05) is 67.6 Å². The second kappa shape index (κ2) is 7.71. The molecule has 0 radical (unpaired) electrons. The lowest BCUT2D eigenvalue weighted by Gasteiger charge is -2.18. The third-order valence-electron chi connectivity index (χ3n) is 3.97. The molecule has 0 bridgehead atoms. The van der Waals surface area contributed by atoms with Gasteiger partial charge in [0.1, 0.15) is 11.5 Å². The van der Waals surface area contributed by atoms with Gasteiger partial charge in [0.25, 0.3) is 0 Å². The summed E-state index contributed by atoms with van der Waals surface area (Å²) in [5.74, 6) is 0.261. The smallest absolute Gasteiger partial charge is 0.345 e. The van der Waals surface area contributed by atoms with Crippen LogP contribution in [-0.2, 0) is 11.2 Å². The van der Waals surface area contributed by atoms with E-state index in [4.69, 9.17) is 9.47 Å². The summed E-state index contributed by atoms with van der Waals surface area (Å²) in [6, 6.07) is 20.8. The summed E-state index contributed by atoms with van der Waals surface area (Å²) < 4.78 is 11.5. The molecule has 0 unspecified atom stereocenters. The predicted octanol–water partition coefficient (Wildman–Crippen LogP) is 4.31. The van der Waals surface area contributed by atoms with E-state index in [1.54, 1.807) is 6.07 Å². The summed E-state index contributed by atoms with van der Waals surface area (Å²) in [4.78, 5) is 11.7. The number of benzene rings is 3. The van der Waals surface area contributed by atoms with Crippen molar-refractivity contribution in [2.75, 3.05) is 6.61 Å². The van der Waals surface area contributed by atoms with E-state index in [1.165, 1.54) is 0 Å². The number of carbonyl (C=O) groups is 1. The number of rotatable bonds is 7. The third-order valence-corrected chi connectivity index (χ3v) is 3.97. The topological polar surface area (TPSA) is 55.8 Å². The molecule has 0 spiro atoms. The highest BCUT2D eigenvalue weighted by molar-refractivity contribution is 5.88. The molecular weight excluding hydrogens is 316 g/mol. The fourth-order valence-electron chi connectivity index (χ4n) is 2.80. The molecule has 0 aromatic heterocycles. The van der Waals surface area contributed by atoms with Crippen LogP contribution in [0.5, 0.6) is 11.5 Å². The standard InChI is InChI=1S/C21H20O4/c1-2-24-18-12-6-4-9-16(18)14-20(21(22)23)25-19-13-7-10-15-8-3-5-11-17(15)19/h3-13,20H,2,14H2,1H3,(H,22,23)/t20-/m1/s1. The average Bonchev–Trinajstić information content (AvgIpc) is 2.63. The van der Waals surface area contributed by atoms with Crippen LogP contribution in [0.15, 0.2) is 66.7 Å². The van der Waals surface area contributed by atoms with Gasteiger partial charge in [-0.25, -0.2) is 4.79 Å². The zero-order valence-corrected chi connectivity index (χ0v) is 14.0. The number of fused-ring (bicyclic) bond motifs is 1. The largest absolute Gasteiger partial charge is 0.494 e.